The molecule has 0 aliphatic carbocycles. The van der Waals surface area contributed by atoms with E-state index in [1.165, 1.54) is 19.8 Å². The van der Waals surface area contributed by atoms with Gasteiger partial charge in [0.2, 0.25) is 0 Å². The van der Waals surface area contributed by atoms with Crippen LogP contribution in [0.2, 0.25) is 5.02 Å². The molecule has 122 valence electrons. The van der Waals surface area contributed by atoms with Crippen molar-refractivity contribution < 1.29 is 14.3 Å². The molecular weight excluding hydrogens is 314 g/mol. The molecule has 0 heterocycles. The monoisotopic (exact) mass is 333 g/mol. The van der Waals surface area contributed by atoms with E-state index in [1.54, 1.807) is 18.2 Å². The van der Waals surface area contributed by atoms with Gasteiger partial charge in [-0.25, -0.2) is 0 Å². The number of ether oxygens (including phenoxy) is 2. The van der Waals surface area contributed by atoms with E-state index in [0.29, 0.717) is 23.6 Å². The van der Waals surface area contributed by atoms with Crippen LogP contribution in [0.15, 0.2) is 42.5 Å². The van der Waals surface area contributed by atoms with E-state index < -0.39 is 0 Å². The molecule has 0 atom stereocenters. The molecule has 2 rings (SSSR count). The molecule has 0 radical (unpaired) electrons. The predicted octanol–water partition coefficient (Wildman–Crippen LogP) is 3.72. The normalized spacial score (nSPS) is 10.2. The molecule has 0 aliphatic heterocycles. The third-order valence-corrected chi connectivity index (χ3v) is 3.75. The van der Waals surface area contributed by atoms with Gasteiger partial charge >= 0.3 is 0 Å². The summed E-state index contributed by atoms with van der Waals surface area (Å²) in [6.45, 7) is 0.572. The van der Waals surface area contributed by atoms with Crippen molar-refractivity contribution in [1.82, 2.24) is 5.32 Å². The van der Waals surface area contributed by atoms with E-state index in [9.17, 15) is 4.79 Å². The summed E-state index contributed by atoms with van der Waals surface area (Å²) in [5, 5.41) is 3.63. The van der Waals surface area contributed by atoms with Crippen molar-refractivity contribution in [3.63, 3.8) is 0 Å². The zero-order valence-electron chi connectivity index (χ0n) is 13.3. The Labute approximate surface area is 141 Å². The molecule has 1 N–H and O–H groups in total. The summed E-state index contributed by atoms with van der Waals surface area (Å²) >= 11 is 5.86. The fourth-order valence-electron chi connectivity index (χ4n) is 2.31. The van der Waals surface area contributed by atoms with E-state index in [2.05, 4.69) is 5.32 Å². The molecule has 4 nitrogen and oxygen atoms in total. The molecule has 2 aromatic rings. The molecule has 0 bridgehead atoms. The maximum Gasteiger partial charge on any atom is 0.258 e. The fourth-order valence-corrected chi connectivity index (χ4v) is 2.43. The summed E-state index contributed by atoms with van der Waals surface area (Å²) < 4.78 is 10.5. The average molecular weight is 334 g/mol. The second kappa shape index (κ2) is 8.44. The first-order chi connectivity index (χ1) is 11.2. The highest BCUT2D eigenvalue weighted by Gasteiger charge is 2.17. The van der Waals surface area contributed by atoms with Gasteiger partial charge in [-0.15, -0.1) is 0 Å². The molecule has 23 heavy (non-hydrogen) atoms. The molecule has 2 aromatic carbocycles. The predicted molar refractivity (Wildman–Crippen MR) is 91.7 cm³/mol. The molecule has 0 saturated carbocycles. The van der Waals surface area contributed by atoms with Crippen molar-refractivity contribution in [2.75, 3.05) is 20.8 Å². The third kappa shape index (κ3) is 4.63. The van der Waals surface area contributed by atoms with Gasteiger partial charge < -0.3 is 14.8 Å². The minimum Gasteiger partial charge on any atom is -0.496 e. The Balaban J connectivity index is 1.91. The molecular formula is C18H20ClNO3. The van der Waals surface area contributed by atoms with Gasteiger partial charge in [0.05, 0.1) is 14.2 Å². The number of carbonyl (C=O) groups excluding carboxylic acids is 1. The number of carbonyl (C=O) groups is 1. The van der Waals surface area contributed by atoms with Crippen molar-refractivity contribution in [2.24, 2.45) is 0 Å². The first-order valence-corrected chi connectivity index (χ1v) is 7.77. The first-order valence-electron chi connectivity index (χ1n) is 7.39. The maximum absolute atomic E-state index is 12.4. The summed E-state index contributed by atoms with van der Waals surface area (Å²) in [6.07, 6.45) is 1.71. The summed E-state index contributed by atoms with van der Waals surface area (Å²) in [4.78, 5) is 12.4. The van der Waals surface area contributed by atoms with Gasteiger partial charge in [-0.1, -0.05) is 29.8 Å². The molecule has 5 heteroatoms. The standard InChI is InChI=1S/C18H20ClNO3/c1-22-15-6-3-7-16(23-2)17(15)18(21)20-12-4-5-13-8-10-14(19)11-9-13/h3,6-11H,4-5,12H2,1-2H3,(H,20,21). The number of rotatable bonds is 7. The Bertz CT molecular complexity index is 634. The first kappa shape index (κ1) is 17.2. The summed E-state index contributed by atoms with van der Waals surface area (Å²) in [5.74, 6) is 0.800. The second-order valence-corrected chi connectivity index (χ2v) is 5.46. The zero-order valence-corrected chi connectivity index (χ0v) is 14.0. The minimum absolute atomic E-state index is 0.199. The summed E-state index contributed by atoms with van der Waals surface area (Å²) in [6, 6.07) is 13.0. The fraction of sp³-hybridized carbons (Fsp3) is 0.278. The lowest BCUT2D eigenvalue weighted by molar-refractivity contribution is 0.0947. The van der Waals surface area contributed by atoms with Crippen LogP contribution in [0.5, 0.6) is 11.5 Å². The number of hydrogen-bond acceptors (Lipinski definition) is 3. The smallest absolute Gasteiger partial charge is 0.258 e. The van der Waals surface area contributed by atoms with Crippen LogP contribution in [-0.2, 0) is 6.42 Å². The third-order valence-electron chi connectivity index (χ3n) is 3.50. The van der Waals surface area contributed by atoms with Crippen LogP contribution in [0.3, 0.4) is 0 Å². The molecule has 0 aromatic heterocycles. The average Bonchev–Trinajstić information content (AvgIpc) is 2.59. The SMILES string of the molecule is COc1cccc(OC)c1C(=O)NCCCc1ccc(Cl)cc1. The Hall–Kier alpha value is -2.20. The van der Waals surface area contributed by atoms with Gasteiger partial charge in [0.25, 0.3) is 5.91 Å². The van der Waals surface area contributed by atoms with Crippen LogP contribution in [-0.4, -0.2) is 26.7 Å². The number of halogens is 1. The lowest BCUT2D eigenvalue weighted by atomic mass is 10.1. The van der Waals surface area contributed by atoms with E-state index in [4.69, 9.17) is 21.1 Å². The van der Waals surface area contributed by atoms with Crippen LogP contribution < -0.4 is 14.8 Å². The minimum atomic E-state index is -0.199. The highest BCUT2D eigenvalue weighted by atomic mass is 35.5. The van der Waals surface area contributed by atoms with Gasteiger partial charge in [-0.3, -0.25) is 4.79 Å². The van der Waals surface area contributed by atoms with Gasteiger partial charge in [0.15, 0.2) is 0 Å². The number of amides is 1. The van der Waals surface area contributed by atoms with Crippen molar-refractivity contribution >= 4 is 17.5 Å². The Kier molecular flexibility index (Phi) is 6.29. The lowest BCUT2D eigenvalue weighted by Gasteiger charge is -2.13. The van der Waals surface area contributed by atoms with E-state index in [1.807, 2.05) is 24.3 Å². The van der Waals surface area contributed by atoms with E-state index in [0.717, 1.165) is 17.9 Å². The van der Waals surface area contributed by atoms with E-state index in [-0.39, 0.29) is 5.91 Å². The van der Waals surface area contributed by atoms with Crippen molar-refractivity contribution in [3.05, 3.63) is 58.6 Å². The van der Waals surface area contributed by atoms with Crippen molar-refractivity contribution in [1.29, 1.82) is 0 Å². The van der Waals surface area contributed by atoms with Crippen molar-refractivity contribution in [3.8, 4) is 11.5 Å². The topological polar surface area (TPSA) is 47.6 Å². The Morgan fingerprint density at radius 3 is 2.22 bits per heavy atom. The molecule has 0 spiro atoms. The van der Waals surface area contributed by atoms with Gasteiger partial charge in [-0.2, -0.15) is 0 Å². The Morgan fingerprint density at radius 1 is 1.04 bits per heavy atom. The largest absolute Gasteiger partial charge is 0.496 e. The van der Waals surface area contributed by atoms with Crippen LogP contribution in [0.25, 0.3) is 0 Å². The van der Waals surface area contributed by atoms with Crippen LogP contribution in [0.1, 0.15) is 22.3 Å². The maximum atomic E-state index is 12.4. The lowest BCUT2D eigenvalue weighted by Crippen LogP contribution is -2.25. The molecule has 0 saturated heterocycles. The number of methoxy groups -OCH3 is 2. The quantitative estimate of drug-likeness (QED) is 0.785. The van der Waals surface area contributed by atoms with Crippen LogP contribution in [0, 0.1) is 0 Å². The van der Waals surface area contributed by atoms with Gasteiger partial charge in [-0.05, 0) is 42.7 Å². The van der Waals surface area contributed by atoms with Gasteiger partial charge in [0, 0.05) is 11.6 Å². The molecule has 0 fully saturated rings. The molecule has 0 unspecified atom stereocenters. The zero-order chi connectivity index (χ0) is 16.7. The second-order valence-electron chi connectivity index (χ2n) is 5.02. The highest BCUT2D eigenvalue weighted by molar-refractivity contribution is 6.30. The number of hydrogen-bond donors (Lipinski definition) is 1. The highest BCUT2D eigenvalue weighted by Crippen LogP contribution is 2.27. The van der Waals surface area contributed by atoms with Crippen LogP contribution in [0.4, 0.5) is 0 Å². The van der Waals surface area contributed by atoms with Gasteiger partial charge in [0.1, 0.15) is 17.1 Å². The van der Waals surface area contributed by atoms with Crippen molar-refractivity contribution in [2.45, 2.75) is 12.8 Å². The molecule has 0 aliphatic rings. The summed E-state index contributed by atoms with van der Waals surface area (Å²) in [5.41, 5.74) is 1.61. The van der Waals surface area contributed by atoms with Crippen LogP contribution >= 0.6 is 11.6 Å². The molecule has 1 amide bonds. The summed E-state index contributed by atoms with van der Waals surface area (Å²) in [7, 11) is 3.07. The number of nitrogens with one attached hydrogen (secondary N) is 1. The number of benzene rings is 2. The van der Waals surface area contributed by atoms with E-state index >= 15 is 0 Å². The number of aryl methyl sites for hydroxylation is 1. The Morgan fingerprint density at radius 2 is 1.65 bits per heavy atom.